The highest BCUT2D eigenvalue weighted by molar-refractivity contribution is 5.94. The Hall–Kier alpha value is -2.03. The van der Waals surface area contributed by atoms with Crippen molar-refractivity contribution in [3.8, 4) is 0 Å². The maximum atomic E-state index is 4.42. The number of nitrogens with zero attached hydrogens (tertiary/aromatic N) is 1. The molecule has 0 radical (unpaired) electrons. The van der Waals surface area contributed by atoms with Crippen LogP contribution in [0.15, 0.2) is 60.0 Å². The van der Waals surface area contributed by atoms with Crippen LogP contribution in [-0.4, -0.2) is 5.84 Å². The van der Waals surface area contributed by atoms with Gasteiger partial charge in [-0.25, -0.2) is 0 Å². The van der Waals surface area contributed by atoms with Crippen LogP contribution in [-0.2, 0) is 6.54 Å². The average Bonchev–Trinajstić information content (AvgIpc) is 2.28. The molecule has 76 valence electrons. The van der Waals surface area contributed by atoms with Crippen molar-refractivity contribution in [1.29, 1.82) is 0 Å². The van der Waals surface area contributed by atoms with Gasteiger partial charge in [0.05, 0.1) is 6.54 Å². The Morgan fingerprint density at radius 3 is 2.73 bits per heavy atom. The van der Waals surface area contributed by atoms with E-state index in [9.17, 15) is 0 Å². The van der Waals surface area contributed by atoms with Gasteiger partial charge in [0, 0.05) is 6.20 Å². The molecule has 3 nitrogen and oxygen atoms in total. The van der Waals surface area contributed by atoms with E-state index in [0.29, 0.717) is 6.54 Å². The molecule has 0 spiro atoms. The Morgan fingerprint density at radius 2 is 2.00 bits per heavy atom. The standard InChI is InChI=1S/C12H13N3/c1-10-13-8-7-12(15-10)14-9-11-5-3-2-4-6-11/h2-8,13H,1,9H2,(H,14,15). The Balaban J connectivity index is 2.03. The predicted molar refractivity (Wildman–Crippen MR) is 62.1 cm³/mol. The van der Waals surface area contributed by atoms with Crippen LogP contribution < -0.4 is 10.6 Å². The minimum Gasteiger partial charge on any atom is -0.349 e. The molecule has 15 heavy (non-hydrogen) atoms. The Morgan fingerprint density at radius 1 is 1.20 bits per heavy atom. The summed E-state index contributed by atoms with van der Waals surface area (Å²) < 4.78 is 0. The third-order valence-corrected chi connectivity index (χ3v) is 2.05. The lowest BCUT2D eigenvalue weighted by Gasteiger charge is -2.13. The summed E-state index contributed by atoms with van der Waals surface area (Å²) in [5.41, 5.74) is 1.20. The van der Waals surface area contributed by atoms with Crippen LogP contribution in [0, 0.1) is 0 Å². The number of nitrogens with one attached hydrogen (secondary N) is 2. The van der Waals surface area contributed by atoms with Gasteiger partial charge in [-0.3, -0.25) is 4.99 Å². The molecule has 1 aliphatic heterocycles. The number of amidine groups is 1. The molecule has 0 amide bonds. The lowest BCUT2D eigenvalue weighted by atomic mass is 10.2. The molecule has 1 aromatic carbocycles. The van der Waals surface area contributed by atoms with Crippen LogP contribution in [0.5, 0.6) is 0 Å². The Kier molecular flexibility index (Phi) is 2.83. The van der Waals surface area contributed by atoms with E-state index >= 15 is 0 Å². The van der Waals surface area contributed by atoms with Crippen molar-refractivity contribution in [3.63, 3.8) is 0 Å². The smallest absolute Gasteiger partial charge is 0.128 e. The summed E-state index contributed by atoms with van der Waals surface area (Å²) in [5.74, 6) is 1.59. The van der Waals surface area contributed by atoms with Crippen molar-refractivity contribution >= 4 is 5.84 Å². The lowest BCUT2D eigenvalue weighted by molar-refractivity contribution is 0.914. The fourth-order valence-electron chi connectivity index (χ4n) is 1.31. The fourth-order valence-corrected chi connectivity index (χ4v) is 1.31. The summed E-state index contributed by atoms with van der Waals surface area (Å²) in [6.07, 6.45) is 3.71. The molecule has 1 heterocycles. The molecule has 0 bridgehead atoms. The van der Waals surface area contributed by atoms with E-state index in [2.05, 4.69) is 34.3 Å². The molecule has 1 aromatic rings. The second-order valence-corrected chi connectivity index (χ2v) is 3.27. The summed E-state index contributed by atoms with van der Waals surface area (Å²) in [4.78, 5) is 4.42. The van der Waals surface area contributed by atoms with E-state index in [1.807, 2.05) is 30.5 Å². The first kappa shape index (κ1) is 9.52. The van der Waals surface area contributed by atoms with Gasteiger partial charge in [-0.05, 0) is 11.6 Å². The molecule has 2 rings (SSSR count). The van der Waals surface area contributed by atoms with E-state index < -0.39 is 0 Å². The molecule has 0 saturated heterocycles. The molecular weight excluding hydrogens is 186 g/mol. The van der Waals surface area contributed by atoms with Gasteiger partial charge in [0.15, 0.2) is 0 Å². The Labute approximate surface area is 89.2 Å². The topological polar surface area (TPSA) is 36.4 Å². The van der Waals surface area contributed by atoms with Crippen LogP contribution in [0.2, 0.25) is 0 Å². The molecule has 0 unspecified atom stereocenters. The van der Waals surface area contributed by atoms with Crippen molar-refractivity contribution in [2.45, 2.75) is 6.54 Å². The molecule has 3 heteroatoms. The largest absolute Gasteiger partial charge is 0.349 e. The fraction of sp³-hybridized carbons (Fsp3) is 0.0833. The highest BCUT2D eigenvalue weighted by atomic mass is 15.1. The molecule has 0 aliphatic carbocycles. The van der Waals surface area contributed by atoms with Gasteiger partial charge in [-0.1, -0.05) is 36.9 Å². The second-order valence-electron chi connectivity index (χ2n) is 3.27. The van der Waals surface area contributed by atoms with Crippen LogP contribution in [0.25, 0.3) is 0 Å². The number of aliphatic imine (C=N–C) groups is 1. The van der Waals surface area contributed by atoms with E-state index in [1.165, 1.54) is 5.56 Å². The zero-order chi connectivity index (χ0) is 10.5. The highest BCUT2D eigenvalue weighted by Gasteiger charge is 2.00. The molecular formula is C12H13N3. The minimum absolute atomic E-state index is 0.681. The first-order valence-electron chi connectivity index (χ1n) is 4.82. The van der Waals surface area contributed by atoms with Gasteiger partial charge in [0.1, 0.15) is 11.7 Å². The molecule has 0 atom stereocenters. The third kappa shape index (κ3) is 2.71. The first-order valence-corrected chi connectivity index (χ1v) is 4.82. The molecule has 1 aliphatic rings. The van der Waals surface area contributed by atoms with Crippen molar-refractivity contribution in [3.05, 3.63) is 60.6 Å². The van der Waals surface area contributed by atoms with Crippen LogP contribution in [0.1, 0.15) is 5.56 Å². The van der Waals surface area contributed by atoms with Gasteiger partial charge in [-0.2, -0.15) is 0 Å². The number of benzene rings is 1. The molecule has 0 aromatic heterocycles. The zero-order valence-corrected chi connectivity index (χ0v) is 8.40. The average molecular weight is 199 g/mol. The number of hydrogen-bond donors (Lipinski definition) is 2. The minimum atomic E-state index is 0.681. The highest BCUT2D eigenvalue weighted by Crippen LogP contribution is 2.01. The van der Waals surface area contributed by atoms with Crippen molar-refractivity contribution in [2.24, 2.45) is 4.99 Å². The number of rotatable bonds is 2. The first-order chi connectivity index (χ1) is 7.34. The van der Waals surface area contributed by atoms with Gasteiger partial charge in [0.25, 0.3) is 0 Å². The van der Waals surface area contributed by atoms with Crippen molar-refractivity contribution in [1.82, 2.24) is 10.6 Å². The van der Waals surface area contributed by atoms with Crippen molar-refractivity contribution < 1.29 is 0 Å². The summed E-state index contributed by atoms with van der Waals surface area (Å²) in [6, 6.07) is 10.1. The van der Waals surface area contributed by atoms with Crippen molar-refractivity contribution in [2.75, 3.05) is 0 Å². The van der Waals surface area contributed by atoms with E-state index in [-0.39, 0.29) is 0 Å². The zero-order valence-electron chi connectivity index (χ0n) is 8.40. The SMILES string of the molecule is C=C1NC=CC(=NCc2ccccc2)N1. The molecule has 0 saturated carbocycles. The summed E-state index contributed by atoms with van der Waals surface area (Å²) in [7, 11) is 0. The second kappa shape index (κ2) is 4.46. The van der Waals surface area contributed by atoms with Crippen LogP contribution in [0.4, 0.5) is 0 Å². The Bertz CT molecular complexity index is 404. The van der Waals surface area contributed by atoms with E-state index in [1.54, 1.807) is 0 Å². The quantitative estimate of drug-likeness (QED) is 0.761. The van der Waals surface area contributed by atoms with Crippen LogP contribution in [0.3, 0.4) is 0 Å². The summed E-state index contributed by atoms with van der Waals surface area (Å²) >= 11 is 0. The van der Waals surface area contributed by atoms with Crippen LogP contribution >= 0.6 is 0 Å². The van der Waals surface area contributed by atoms with E-state index in [0.717, 1.165) is 11.7 Å². The normalized spacial score (nSPS) is 17.3. The summed E-state index contributed by atoms with van der Waals surface area (Å²) in [5, 5.41) is 5.99. The van der Waals surface area contributed by atoms with Gasteiger partial charge in [0.2, 0.25) is 0 Å². The molecule has 2 N–H and O–H groups in total. The molecule has 0 fully saturated rings. The monoisotopic (exact) mass is 199 g/mol. The van der Waals surface area contributed by atoms with Gasteiger partial charge >= 0.3 is 0 Å². The maximum absolute atomic E-state index is 4.42. The van der Waals surface area contributed by atoms with Gasteiger partial charge in [-0.15, -0.1) is 0 Å². The van der Waals surface area contributed by atoms with E-state index in [4.69, 9.17) is 0 Å². The lowest BCUT2D eigenvalue weighted by Crippen LogP contribution is -2.31. The third-order valence-electron chi connectivity index (χ3n) is 2.05. The predicted octanol–water partition coefficient (Wildman–Crippen LogP) is 1.76. The van der Waals surface area contributed by atoms with Gasteiger partial charge < -0.3 is 10.6 Å². The maximum Gasteiger partial charge on any atom is 0.128 e. The summed E-state index contributed by atoms with van der Waals surface area (Å²) in [6.45, 7) is 4.45. The number of hydrogen-bond acceptors (Lipinski definition) is 2.